The first-order chi connectivity index (χ1) is 10.9. The number of likely N-dealkylation sites (tertiary alicyclic amines) is 1. The second-order valence-electron chi connectivity index (χ2n) is 6.65. The quantitative estimate of drug-likeness (QED) is 0.905. The molecule has 1 aromatic carbocycles. The lowest BCUT2D eigenvalue weighted by Gasteiger charge is -2.31. The lowest BCUT2D eigenvalue weighted by Crippen LogP contribution is -2.44. The van der Waals surface area contributed by atoms with Gasteiger partial charge >= 0.3 is 0 Å². The van der Waals surface area contributed by atoms with Crippen LogP contribution in [0.15, 0.2) is 24.3 Å². The molecule has 5 nitrogen and oxygen atoms in total. The molecule has 2 amide bonds. The topological polar surface area (TPSA) is 52.7 Å². The highest BCUT2D eigenvalue weighted by Gasteiger charge is 2.21. The first-order valence-corrected chi connectivity index (χ1v) is 8.27. The van der Waals surface area contributed by atoms with Crippen molar-refractivity contribution in [2.75, 3.05) is 38.5 Å². The molecular formula is C18H27N3O2. The average molecular weight is 317 g/mol. The smallest absolute Gasteiger partial charge is 0.243 e. The minimum atomic E-state index is -0.170. The third-order valence-corrected chi connectivity index (χ3v) is 4.24. The van der Waals surface area contributed by atoms with Crippen LogP contribution in [0.4, 0.5) is 5.69 Å². The van der Waals surface area contributed by atoms with E-state index < -0.39 is 0 Å². The summed E-state index contributed by atoms with van der Waals surface area (Å²) in [6.45, 7) is 6.64. The minimum Gasteiger partial charge on any atom is -0.335 e. The Bertz CT molecular complexity index is 542. The van der Waals surface area contributed by atoms with E-state index in [9.17, 15) is 9.59 Å². The van der Waals surface area contributed by atoms with Crippen molar-refractivity contribution in [1.29, 1.82) is 0 Å². The highest BCUT2D eigenvalue weighted by Crippen LogP contribution is 2.15. The Hall–Kier alpha value is -1.88. The number of hydrogen-bond acceptors (Lipinski definition) is 3. The lowest BCUT2D eigenvalue weighted by molar-refractivity contribution is -0.134. The van der Waals surface area contributed by atoms with Gasteiger partial charge in [-0.05, 0) is 44.4 Å². The van der Waals surface area contributed by atoms with Crippen LogP contribution in [0.1, 0.15) is 25.3 Å². The highest BCUT2D eigenvalue weighted by molar-refractivity contribution is 5.94. The van der Waals surface area contributed by atoms with Crippen LogP contribution in [0, 0.1) is 12.8 Å². The number of rotatable bonds is 5. The van der Waals surface area contributed by atoms with Crippen molar-refractivity contribution in [3.63, 3.8) is 0 Å². The van der Waals surface area contributed by atoms with Crippen LogP contribution >= 0.6 is 0 Å². The SMILES string of the molecule is Cc1ccc(NC(=O)CN(C)C(=O)CN2CCC[C@@H](C)C2)cc1. The first kappa shape index (κ1) is 17.5. The Balaban J connectivity index is 1.78. The van der Waals surface area contributed by atoms with Crippen LogP contribution < -0.4 is 5.32 Å². The Kier molecular flexibility index (Phi) is 6.16. The summed E-state index contributed by atoms with van der Waals surface area (Å²) < 4.78 is 0. The van der Waals surface area contributed by atoms with E-state index in [1.807, 2.05) is 31.2 Å². The van der Waals surface area contributed by atoms with Gasteiger partial charge in [-0.15, -0.1) is 0 Å². The van der Waals surface area contributed by atoms with Crippen LogP contribution in [-0.2, 0) is 9.59 Å². The maximum absolute atomic E-state index is 12.3. The predicted molar refractivity (Wildman–Crippen MR) is 92.3 cm³/mol. The zero-order valence-corrected chi connectivity index (χ0v) is 14.3. The Morgan fingerprint density at radius 3 is 2.65 bits per heavy atom. The van der Waals surface area contributed by atoms with E-state index in [2.05, 4.69) is 17.1 Å². The van der Waals surface area contributed by atoms with Crippen molar-refractivity contribution in [3.8, 4) is 0 Å². The maximum atomic E-state index is 12.3. The van der Waals surface area contributed by atoms with Gasteiger partial charge in [-0.3, -0.25) is 14.5 Å². The fourth-order valence-corrected chi connectivity index (χ4v) is 2.88. The number of likely N-dealkylation sites (N-methyl/N-ethyl adjacent to an activating group) is 1. The standard InChI is InChI=1S/C18H27N3O2/c1-14-6-8-16(9-7-14)19-17(22)12-20(3)18(23)13-21-10-4-5-15(2)11-21/h6-9,15H,4-5,10-13H2,1-3H3,(H,19,22)/t15-/m1/s1. The van der Waals surface area contributed by atoms with E-state index in [1.54, 1.807) is 7.05 Å². The molecule has 0 unspecified atom stereocenters. The van der Waals surface area contributed by atoms with Crippen LogP contribution in [0.3, 0.4) is 0 Å². The number of benzene rings is 1. The van der Waals surface area contributed by atoms with E-state index in [0.717, 1.165) is 30.8 Å². The third-order valence-electron chi connectivity index (χ3n) is 4.24. The Morgan fingerprint density at radius 1 is 1.30 bits per heavy atom. The van der Waals surface area contributed by atoms with Crippen molar-refractivity contribution < 1.29 is 9.59 Å². The molecule has 1 atom stereocenters. The molecule has 0 radical (unpaired) electrons. The van der Waals surface area contributed by atoms with Crippen LogP contribution in [0.25, 0.3) is 0 Å². The summed E-state index contributed by atoms with van der Waals surface area (Å²) in [6.07, 6.45) is 2.38. The van der Waals surface area contributed by atoms with Gasteiger partial charge < -0.3 is 10.2 Å². The lowest BCUT2D eigenvalue weighted by atomic mass is 10.0. The van der Waals surface area contributed by atoms with Gasteiger partial charge in [0, 0.05) is 19.3 Å². The van der Waals surface area contributed by atoms with Crippen molar-refractivity contribution in [3.05, 3.63) is 29.8 Å². The number of aryl methyl sites for hydroxylation is 1. The van der Waals surface area contributed by atoms with E-state index in [4.69, 9.17) is 0 Å². The first-order valence-electron chi connectivity index (χ1n) is 8.27. The molecular weight excluding hydrogens is 290 g/mol. The number of piperidine rings is 1. The fourth-order valence-electron chi connectivity index (χ4n) is 2.88. The van der Waals surface area contributed by atoms with E-state index >= 15 is 0 Å². The number of carbonyl (C=O) groups is 2. The third kappa shape index (κ3) is 5.67. The number of carbonyl (C=O) groups excluding carboxylic acids is 2. The molecule has 1 fully saturated rings. The molecule has 0 aromatic heterocycles. The normalized spacial score (nSPS) is 18.5. The van der Waals surface area contributed by atoms with E-state index in [1.165, 1.54) is 11.3 Å². The molecule has 1 heterocycles. The fraction of sp³-hybridized carbons (Fsp3) is 0.556. The number of anilines is 1. The molecule has 1 aromatic rings. The summed E-state index contributed by atoms with van der Waals surface area (Å²) in [7, 11) is 1.68. The highest BCUT2D eigenvalue weighted by atomic mass is 16.2. The van der Waals surface area contributed by atoms with E-state index in [0.29, 0.717) is 12.5 Å². The number of nitrogens with zero attached hydrogens (tertiary/aromatic N) is 2. The summed E-state index contributed by atoms with van der Waals surface area (Å²) in [5, 5.41) is 2.82. The van der Waals surface area contributed by atoms with Crippen LogP contribution in [0.5, 0.6) is 0 Å². The van der Waals surface area contributed by atoms with Gasteiger partial charge in [0.2, 0.25) is 11.8 Å². The average Bonchev–Trinajstić information content (AvgIpc) is 2.49. The van der Waals surface area contributed by atoms with Gasteiger partial charge in [-0.2, -0.15) is 0 Å². The van der Waals surface area contributed by atoms with E-state index in [-0.39, 0.29) is 18.4 Å². The molecule has 0 spiro atoms. The van der Waals surface area contributed by atoms with Crippen molar-refractivity contribution in [2.24, 2.45) is 5.92 Å². The molecule has 1 aliphatic heterocycles. The molecule has 0 saturated carbocycles. The Labute approximate surface area is 138 Å². The Morgan fingerprint density at radius 2 is 2.00 bits per heavy atom. The molecule has 126 valence electrons. The van der Waals surface area contributed by atoms with Crippen LogP contribution in [-0.4, -0.2) is 54.8 Å². The molecule has 1 N–H and O–H groups in total. The predicted octanol–water partition coefficient (Wildman–Crippen LogP) is 2.12. The largest absolute Gasteiger partial charge is 0.335 e. The van der Waals surface area contributed by atoms with Gasteiger partial charge in [0.15, 0.2) is 0 Å². The van der Waals surface area contributed by atoms with Crippen molar-refractivity contribution in [1.82, 2.24) is 9.80 Å². The number of hydrogen-bond donors (Lipinski definition) is 1. The second-order valence-corrected chi connectivity index (χ2v) is 6.65. The minimum absolute atomic E-state index is 0.00171. The summed E-state index contributed by atoms with van der Waals surface area (Å²) in [4.78, 5) is 28.0. The molecule has 23 heavy (non-hydrogen) atoms. The maximum Gasteiger partial charge on any atom is 0.243 e. The van der Waals surface area contributed by atoms with Gasteiger partial charge in [0.05, 0.1) is 13.1 Å². The number of nitrogens with one attached hydrogen (secondary N) is 1. The molecule has 1 saturated heterocycles. The summed E-state index contributed by atoms with van der Waals surface area (Å²) >= 11 is 0. The second kappa shape index (κ2) is 8.11. The summed E-state index contributed by atoms with van der Waals surface area (Å²) in [6, 6.07) is 7.62. The molecule has 2 rings (SSSR count). The van der Waals surface area contributed by atoms with Crippen LogP contribution in [0.2, 0.25) is 0 Å². The van der Waals surface area contributed by atoms with Gasteiger partial charge in [0.25, 0.3) is 0 Å². The zero-order chi connectivity index (χ0) is 16.8. The molecule has 5 heteroatoms. The van der Waals surface area contributed by atoms with Gasteiger partial charge in [0.1, 0.15) is 0 Å². The van der Waals surface area contributed by atoms with Gasteiger partial charge in [-0.25, -0.2) is 0 Å². The molecule has 1 aliphatic rings. The monoisotopic (exact) mass is 317 g/mol. The molecule has 0 bridgehead atoms. The zero-order valence-electron chi connectivity index (χ0n) is 14.3. The van der Waals surface area contributed by atoms with Crippen molar-refractivity contribution >= 4 is 17.5 Å². The number of amides is 2. The molecule has 0 aliphatic carbocycles. The van der Waals surface area contributed by atoms with Crippen molar-refractivity contribution in [2.45, 2.75) is 26.7 Å². The van der Waals surface area contributed by atoms with Gasteiger partial charge in [-0.1, -0.05) is 24.6 Å². The summed E-state index contributed by atoms with van der Waals surface area (Å²) in [5.41, 5.74) is 1.90. The summed E-state index contributed by atoms with van der Waals surface area (Å²) in [5.74, 6) is 0.474.